The van der Waals surface area contributed by atoms with Gasteiger partial charge >= 0.3 is 0 Å². The molecule has 5 nitrogen and oxygen atoms in total. The number of guanidine groups is 1. The Morgan fingerprint density at radius 2 is 2.05 bits per heavy atom. The summed E-state index contributed by atoms with van der Waals surface area (Å²) in [6, 6.07) is 5.85. The normalized spacial score (nSPS) is 21.6. The van der Waals surface area contributed by atoms with Gasteiger partial charge in [0.05, 0.1) is 26.3 Å². The summed E-state index contributed by atoms with van der Waals surface area (Å²) in [5, 5.41) is 0. The third kappa shape index (κ3) is 2.77. The summed E-state index contributed by atoms with van der Waals surface area (Å²) in [7, 11) is 3.35. The second-order valence-electron chi connectivity index (χ2n) is 6.02. The molecule has 1 heterocycles. The molecule has 21 heavy (non-hydrogen) atoms. The number of methoxy groups -OCH3 is 2. The van der Waals surface area contributed by atoms with E-state index < -0.39 is 0 Å². The average molecular weight is 291 g/mol. The lowest BCUT2D eigenvalue weighted by Gasteiger charge is -2.38. The zero-order chi connectivity index (χ0) is 15.6. The van der Waals surface area contributed by atoms with Gasteiger partial charge in [-0.15, -0.1) is 0 Å². The van der Waals surface area contributed by atoms with Crippen LogP contribution < -0.4 is 15.2 Å². The standard InChI is InChI=1S/C16H25N3O2/c1-11(2)9-19-15(17)18-10-16(19,3)13-8-12(20-4)6-7-14(13)21-5/h6-8,11H,9-10H2,1-5H3,(H2,17,18). The number of rotatable bonds is 5. The van der Waals surface area contributed by atoms with E-state index in [4.69, 9.17) is 15.2 Å². The first-order valence-electron chi connectivity index (χ1n) is 7.22. The van der Waals surface area contributed by atoms with Crippen LogP contribution in [0.5, 0.6) is 11.5 Å². The fraction of sp³-hybridized carbons (Fsp3) is 0.562. The van der Waals surface area contributed by atoms with Crippen molar-refractivity contribution < 1.29 is 9.47 Å². The van der Waals surface area contributed by atoms with Crippen molar-refractivity contribution >= 4 is 5.96 Å². The van der Waals surface area contributed by atoms with Crippen LogP contribution in [0.1, 0.15) is 26.3 Å². The minimum absolute atomic E-state index is 0.311. The molecule has 0 saturated carbocycles. The molecule has 1 aromatic rings. The van der Waals surface area contributed by atoms with Crippen LogP contribution in [0.15, 0.2) is 23.2 Å². The van der Waals surface area contributed by atoms with Gasteiger partial charge in [-0.2, -0.15) is 0 Å². The molecule has 0 saturated heterocycles. The van der Waals surface area contributed by atoms with E-state index in [1.54, 1.807) is 14.2 Å². The number of aliphatic imine (C=N–C) groups is 1. The summed E-state index contributed by atoms with van der Waals surface area (Å²) in [5.41, 5.74) is 6.85. The Morgan fingerprint density at radius 1 is 1.33 bits per heavy atom. The van der Waals surface area contributed by atoms with Crippen molar-refractivity contribution in [1.29, 1.82) is 0 Å². The molecule has 0 spiro atoms. The maximum atomic E-state index is 6.11. The van der Waals surface area contributed by atoms with E-state index in [0.29, 0.717) is 18.4 Å². The van der Waals surface area contributed by atoms with Gasteiger partial charge in [-0.1, -0.05) is 13.8 Å². The Hall–Kier alpha value is -1.91. The largest absolute Gasteiger partial charge is 0.497 e. The summed E-state index contributed by atoms with van der Waals surface area (Å²) in [6.45, 7) is 7.97. The highest BCUT2D eigenvalue weighted by atomic mass is 16.5. The number of hydrogen-bond donors (Lipinski definition) is 1. The van der Waals surface area contributed by atoms with Gasteiger partial charge in [0.2, 0.25) is 0 Å². The van der Waals surface area contributed by atoms with Crippen LogP contribution in [-0.4, -0.2) is 38.2 Å². The van der Waals surface area contributed by atoms with Crippen LogP contribution in [0, 0.1) is 5.92 Å². The highest BCUT2D eigenvalue weighted by molar-refractivity contribution is 5.81. The van der Waals surface area contributed by atoms with E-state index >= 15 is 0 Å². The minimum Gasteiger partial charge on any atom is -0.497 e. The molecule has 0 aromatic heterocycles. The summed E-state index contributed by atoms with van der Waals surface area (Å²) >= 11 is 0. The molecule has 0 bridgehead atoms. The fourth-order valence-electron chi connectivity index (χ4n) is 2.78. The first-order chi connectivity index (χ1) is 9.92. The van der Waals surface area contributed by atoms with Crippen LogP contribution in [0.25, 0.3) is 0 Å². The lowest BCUT2D eigenvalue weighted by atomic mass is 9.89. The maximum absolute atomic E-state index is 6.11. The van der Waals surface area contributed by atoms with Crippen LogP contribution >= 0.6 is 0 Å². The Balaban J connectivity index is 2.47. The van der Waals surface area contributed by atoms with Gasteiger partial charge in [-0.25, -0.2) is 0 Å². The summed E-state index contributed by atoms with van der Waals surface area (Å²) < 4.78 is 10.9. The van der Waals surface area contributed by atoms with Crippen LogP contribution in [0.4, 0.5) is 0 Å². The Kier molecular flexibility index (Phi) is 4.30. The summed E-state index contributed by atoms with van der Waals surface area (Å²) in [5.74, 6) is 2.72. The number of hydrogen-bond acceptors (Lipinski definition) is 5. The fourth-order valence-corrected chi connectivity index (χ4v) is 2.78. The van der Waals surface area contributed by atoms with E-state index in [-0.39, 0.29) is 5.54 Å². The number of nitrogens with two attached hydrogens (primary N) is 1. The third-order valence-corrected chi connectivity index (χ3v) is 3.96. The van der Waals surface area contributed by atoms with Crippen molar-refractivity contribution in [2.24, 2.45) is 16.6 Å². The molecule has 0 amide bonds. The van der Waals surface area contributed by atoms with Crippen molar-refractivity contribution in [2.75, 3.05) is 27.3 Å². The van der Waals surface area contributed by atoms with Crippen molar-refractivity contribution in [3.8, 4) is 11.5 Å². The lowest BCUT2D eigenvalue weighted by molar-refractivity contribution is 0.198. The van der Waals surface area contributed by atoms with Crippen molar-refractivity contribution in [1.82, 2.24) is 4.90 Å². The van der Waals surface area contributed by atoms with Gasteiger partial charge in [0.25, 0.3) is 0 Å². The molecule has 1 aliphatic heterocycles. The van der Waals surface area contributed by atoms with Gasteiger partial charge in [0, 0.05) is 12.1 Å². The van der Waals surface area contributed by atoms with Gasteiger partial charge in [0.1, 0.15) is 11.5 Å². The monoisotopic (exact) mass is 291 g/mol. The first kappa shape index (κ1) is 15.5. The quantitative estimate of drug-likeness (QED) is 0.903. The zero-order valence-corrected chi connectivity index (χ0v) is 13.5. The molecule has 1 aliphatic rings. The molecular weight excluding hydrogens is 266 g/mol. The smallest absolute Gasteiger partial charge is 0.192 e. The molecule has 5 heteroatoms. The molecule has 1 atom stereocenters. The predicted octanol–water partition coefficient (Wildman–Crippen LogP) is 2.21. The van der Waals surface area contributed by atoms with Crippen LogP contribution in [-0.2, 0) is 5.54 Å². The van der Waals surface area contributed by atoms with Crippen LogP contribution in [0.2, 0.25) is 0 Å². The van der Waals surface area contributed by atoms with Gasteiger partial charge < -0.3 is 20.1 Å². The minimum atomic E-state index is -0.311. The molecule has 0 aliphatic carbocycles. The van der Waals surface area contributed by atoms with Gasteiger partial charge in [0.15, 0.2) is 5.96 Å². The molecule has 116 valence electrons. The summed E-state index contributed by atoms with van der Waals surface area (Å²) in [4.78, 5) is 6.62. The first-order valence-corrected chi connectivity index (χ1v) is 7.22. The molecular formula is C16H25N3O2. The predicted molar refractivity (Wildman–Crippen MR) is 84.9 cm³/mol. The number of benzene rings is 1. The van der Waals surface area contributed by atoms with E-state index in [1.807, 2.05) is 18.2 Å². The topological polar surface area (TPSA) is 60.1 Å². The van der Waals surface area contributed by atoms with Crippen molar-refractivity contribution in [3.05, 3.63) is 23.8 Å². The van der Waals surface area contributed by atoms with E-state index in [9.17, 15) is 0 Å². The second kappa shape index (κ2) is 5.84. The highest BCUT2D eigenvalue weighted by Gasteiger charge is 2.41. The van der Waals surface area contributed by atoms with E-state index in [2.05, 4.69) is 30.7 Å². The Bertz CT molecular complexity index is 542. The zero-order valence-electron chi connectivity index (χ0n) is 13.5. The van der Waals surface area contributed by atoms with Gasteiger partial charge in [-0.3, -0.25) is 4.99 Å². The van der Waals surface area contributed by atoms with Crippen molar-refractivity contribution in [3.63, 3.8) is 0 Å². The second-order valence-corrected chi connectivity index (χ2v) is 6.02. The van der Waals surface area contributed by atoms with E-state index in [1.165, 1.54) is 0 Å². The highest BCUT2D eigenvalue weighted by Crippen LogP contribution is 2.40. The lowest BCUT2D eigenvalue weighted by Crippen LogP contribution is -2.49. The Morgan fingerprint density at radius 3 is 2.62 bits per heavy atom. The molecule has 0 radical (unpaired) electrons. The maximum Gasteiger partial charge on any atom is 0.192 e. The SMILES string of the molecule is COc1ccc(OC)c(C2(C)CN=C(N)N2CC(C)C)c1. The third-order valence-electron chi connectivity index (χ3n) is 3.96. The average Bonchev–Trinajstić information content (AvgIpc) is 2.75. The molecule has 0 fully saturated rings. The molecule has 2 rings (SSSR count). The van der Waals surface area contributed by atoms with E-state index in [0.717, 1.165) is 23.6 Å². The number of ether oxygens (including phenoxy) is 2. The van der Waals surface area contributed by atoms with Crippen LogP contribution in [0.3, 0.4) is 0 Å². The van der Waals surface area contributed by atoms with Crippen molar-refractivity contribution in [2.45, 2.75) is 26.3 Å². The Labute approximate surface area is 126 Å². The molecule has 1 unspecified atom stereocenters. The van der Waals surface area contributed by atoms with Gasteiger partial charge in [-0.05, 0) is 31.0 Å². The number of nitrogens with zero attached hydrogens (tertiary/aromatic N) is 2. The molecule has 2 N–H and O–H groups in total. The summed E-state index contributed by atoms with van der Waals surface area (Å²) in [6.07, 6.45) is 0. The molecule has 1 aromatic carbocycles.